The maximum Gasteiger partial charge on any atom is 0.416 e. The van der Waals surface area contributed by atoms with Crippen molar-refractivity contribution in [1.29, 1.82) is 0 Å². The van der Waals surface area contributed by atoms with E-state index in [4.69, 9.17) is 4.74 Å². The number of benzene rings is 2. The lowest BCUT2D eigenvalue weighted by atomic mass is 10.1. The molecule has 0 radical (unpaired) electrons. The minimum Gasteiger partial charge on any atom is -0.497 e. The van der Waals surface area contributed by atoms with Crippen LogP contribution < -0.4 is 4.74 Å². The summed E-state index contributed by atoms with van der Waals surface area (Å²) in [7, 11) is 1.58. The molecule has 0 atom stereocenters. The molecule has 1 amide bonds. The summed E-state index contributed by atoms with van der Waals surface area (Å²) in [5.41, 5.74) is 0.725. The molecule has 0 aromatic heterocycles. The van der Waals surface area contributed by atoms with Gasteiger partial charge in [-0.1, -0.05) is 42.1 Å². The molecule has 0 saturated carbocycles. The summed E-state index contributed by atoms with van der Waals surface area (Å²) in [6, 6.07) is 12.5. The lowest BCUT2D eigenvalue weighted by Crippen LogP contribution is -2.34. The van der Waals surface area contributed by atoms with Gasteiger partial charge in [0, 0.05) is 12.3 Å². The molecule has 3 rings (SSSR count). The zero-order valence-electron chi connectivity index (χ0n) is 15.2. The summed E-state index contributed by atoms with van der Waals surface area (Å²) >= 11 is 1.28. The van der Waals surface area contributed by atoms with E-state index in [1.165, 1.54) is 17.8 Å². The summed E-state index contributed by atoms with van der Waals surface area (Å²) in [5.74, 6) is 0.948. The molecule has 0 N–H and O–H groups in total. The summed E-state index contributed by atoms with van der Waals surface area (Å²) in [6.07, 6.45) is -4.14. The highest BCUT2D eigenvalue weighted by molar-refractivity contribution is 8.13. The Balaban J connectivity index is 1.60. The lowest BCUT2D eigenvalue weighted by molar-refractivity contribution is -0.137. The molecule has 28 heavy (non-hydrogen) atoms. The Morgan fingerprint density at radius 2 is 1.93 bits per heavy atom. The predicted octanol–water partition coefficient (Wildman–Crippen LogP) is 4.39. The Morgan fingerprint density at radius 1 is 1.18 bits per heavy atom. The third kappa shape index (κ3) is 5.07. The second kappa shape index (κ2) is 8.68. The maximum atomic E-state index is 12.8. The van der Waals surface area contributed by atoms with Crippen LogP contribution in [0.4, 0.5) is 13.2 Å². The first-order valence-electron chi connectivity index (χ1n) is 8.63. The number of carbonyl (C=O) groups excluding carboxylic acids is 1. The van der Waals surface area contributed by atoms with Crippen molar-refractivity contribution in [3.8, 4) is 5.75 Å². The first kappa shape index (κ1) is 20.3. The Morgan fingerprint density at radius 3 is 2.61 bits per heavy atom. The second-order valence-corrected chi connectivity index (χ2v) is 7.16. The fourth-order valence-electron chi connectivity index (χ4n) is 2.78. The van der Waals surface area contributed by atoms with E-state index in [-0.39, 0.29) is 12.3 Å². The minimum atomic E-state index is -4.37. The Hall–Kier alpha value is -2.48. The molecule has 1 heterocycles. The number of carbonyl (C=O) groups is 1. The van der Waals surface area contributed by atoms with Crippen LogP contribution in [0.5, 0.6) is 5.75 Å². The van der Waals surface area contributed by atoms with E-state index in [0.29, 0.717) is 29.6 Å². The van der Waals surface area contributed by atoms with Crippen LogP contribution in [0.3, 0.4) is 0 Å². The third-order valence-corrected chi connectivity index (χ3v) is 5.32. The standard InChI is InChI=1S/C20H19F3N2O2S/c1-27-17-7-5-14(6-8-17)12-18(26)25-10-9-24-19(25)28-13-15-3-2-4-16(11-15)20(21,22)23/h2-8,11H,9-10,12-13H2,1H3. The number of nitrogens with zero attached hydrogens (tertiary/aromatic N) is 2. The number of thioether (sulfide) groups is 1. The van der Waals surface area contributed by atoms with Crippen LogP contribution in [0.2, 0.25) is 0 Å². The number of alkyl halides is 3. The van der Waals surface area contributed by atoms with Crippen LogP contribution in [0.15, 0.2) is 53.5 Å². The summed E-state index contributed by atoms with van der Waals surface area (Å²) < 4.78 is 43.6. The third-order valence-electron chi connectivity index (χ3n) is 4.24. The summed E-state index contributed by atoms with van der Waals surface area (Å²) in [6.45, 7) is 0.985. The van der Waals surface area contributed by atoms with Gasteiger partial charge >= 0.3 is 6.18 Å². The molecular weight excluding hydrogens is 389 g/mol. The highest BCUT2D eigenvalue weighted by Gasteiger charge is 2.30. The van der Waals surface area contributed by atoms with Gasteiger partial charge in [-0.2, -0.15) is 13.2 Å². The van der Waals surface area contributed by atoms with E-state index in [1.807, 2.05) is 12.1 Å². The van der Waals surface area contributed by atoms with Crippen molar-refractivity contribution in [3.63, 3.8) is 0 Å². The molecule has 0 spiro atoms. The average Bonchev–Trinajstić information content (AvgIpc) is 3.15. The topological polar surface area (TPSA) is 41.9 Å². The maximum absolute atomic E-state index is 12.8. The fourth-order valence-corrected chi connectivity index (χ4v) is 3.79. The van der Waals surface area contributed by atoms with E-state index in [1.54, 1.807) is 30.2 Å². The molecule has 2 aromatic carbocycles. The van der Waals surface area contributed by atoms with Crippen molar-refractivity contribution in [2.45, 2.75) is 18.3 Å². The van der Waals surface area contributed by atoms with Crippen LogP contribution in [-0.2, 0) is 23.1 Å². The van der Waals surface area contributed by atoms with Gasteiger partial charge in [0.1, 0.15) is 5.75 Å². The first-order chi connectivity index (χ1) is 13.4. The highest BCUT2D eigenvalue weighted by atomic mass is 32.2. The molecule has 4 nitrogen and oxygen atoms in total. The van der Waals surface area contributed by atoms with Crippen LogP contribution >= 0.6 is 11.8 Å². The zero-order chi connectivity index (χ0) is 20.1. The second-order valence-electron chi connectivity index (χ2n) is 6.22. The van der Waals surface area contributed by atoms with E-state index in [9.17, 15) is 18.0 Å². The average molecular weight is 408 g/mol. The number of halogens is 3. The van der Waals surface area contributed by atoms with Crippen molar-refractivity contribution in [3.05, 3.63) is 65.2 Å². The highest BCUT2D eigenvalue weighted by Crippen LogP contribution is 2.30. The minimum absolute atomic E-state index is 0.0852. The predicted molar refractivity (Wildman–Crippen MR) is 103 cm³/mol. The van der Waals surface area contributed by atoms with E-state index in [2.05, 4.69) is 4.99 Å². The van der Waals surface area contributed by atoms with Gasteiger partial charge in [-0.3, -0.25) is 14.7 Å². The SMILES string of the molecule is COc1ccc(CC(=O)N2CCN=C2SCc2cccc(C(F)(F)F)c2)cc1. The molecule has 8 heteroatoms. The normalized spacial score (nSPS) is 14.1. The molecule has 148 valence electrons. The van der Waals surface area contributed by atoms with Crippen LogP contribution in [0, 0.1) is 0 Å². The molecule has 1 aliphatic heterocycles. The van der Waals surface area contributed by atoms with Crippen molar-refractivity contribution in [1.82, 2.24) is 4.90 Å². The number of aliphatic imine (C=N–C) groups is 1. The van der Waals surface area contributed by atoms with Gasteiger partial charge in [0.15, 0.2) is 5.17 Å². The summed E-state index contributed by atoms with van der Waals surface area (Å²) in [4.78, 5) is 18.6. The molecule has 0 unspecified atom stereocenters. The molecule has 0 aliphatic carbocycles. The van der Waals surface area contributed by atoms with E-state index >= 15 is 0 Å². The first-order valence-corrected chi connectivity index (χ1v) is 9.62. The monoisotopic (exact) mass is 408 g/mol. The Kier molecular flexibility index (Phi) is 6.28. The van der Waals surface area contributed by atoms with Crippen molar-refractivity contribution >= 4 is 22.8 Å². The van der Waals surface area contributed by atoms with Gasteiger partial charge in [-0.25, -0.2) is 0 Å². The molecule has 1 aliphatic rings. The smallest absolute Gasteiger partial charge is 0.416 e. The van der Waals surface area contributed by atoms with Gasteiger partial charge in [-0.15, -0.1) is 0 Å². The number of rotatable bonds is 5. The van der Waals surface area contributed by atoms with Gasteiger partial charge in [0.2, 0.25) is 5.91 Å². The zero-order valence-corrected chi connectivity index (χ0v) is 16.0. The van der Waals surface area contributed by atoms with Gasteiger partial charge in [0.05, 0.1) is 25.6 Å². The number of methoxy groups -OCH3 is 1. The molecule has 0 fully saturated rings. The Bertz CT molecular complexity index is 866. The lowest BCUT2D eigenvalue weighted by Gasteiger charge is -2.18. The van der Waals surface area contributed by atoms with Gasteiger partial charge < -0.3 is 4.74 Å². The van der Waals surface area contributed by atoms with E-state index in [0.717, 1.165) is 23.4 Å². The summed E-state index contributed by atoms with van der Waals surface area (Å²) in [5, 5.41) is 0.552. The van der Waals surface area contributed by atoms with Crippen molar-refractivity contribution < 1.29 is 22.7 Å². The number of hydrogen-bond donors (Lipinski definition) is 0. The fraction of sp³-hybridized carbons (Fsp3) is 0.300. The largest absolute Gasteiger partial charge is 0.497 e. The molecule has 0 saturated heterocycles. The Labute approximate surface area is 165 Å². The quantitative estimate of drug-likeness (QED) is 0.737. The number of ether oxygens (including phenoxy) is 1. The van der Waals surface area contributed by atoms with Crippen LogP contribution in [0.1, 0.15) is 16.7 Å². The number of amides is 1. The van der Waals surface area contributed by atoms with Crippen LogP contribution in [-0.4, -0.2) is 36.2 Å². The van der Waals surface area contributed by atoms with Gasteiger partial charge in [0.25, 0.3) is 0 Å². The van der Waals surface area contributed by atoms with Crippen molar-refractivity contribution in [2.75, 3.05) is 20.2 Å². The van der Waals surface area contributed by atoms with Crippen molar-refractivity contribution in [2.24, 2.45) is 4.99 Å². The number of hydrogen-bond acceptors (Lipinski definition) is 4. The molecule has 2 aromatic rings. The van der Waals surface area contributed by atoms with Crippen LogP contribution in [0.25, 0.3) is 0 Å². The number of amidine groups is 1. The molecule has 0 bridgehead atoms. The van der Waals surface area contributed by atoms with E-state index < -0.39 is 11.7 Å². The van der Waals surface area contributed by atoms with Gasteiger partial charge in [-0.05, 0) is 29.3 Å². The molecular formula is C20H19F3N2O2S.